The fraction of sp³-hybridized carbons (Fsp3) is 0.267. The number of nitro groups is 1. The van der Waals surface area contributed by atoms with Gasteiger partial charge in [-0.3, -0.25) is 20.0 Å². The van der Waals surface area contributed by atoms with E-state index in [9.17, 15) is 14.9 Å². The van der Waals surface area contributed by atoms with Crippen LogP contribution in [-0.4, -0.2) is 27.2 Å². The van der Waals surface area contributed by atoms with Gasteiger partial charge in [0, 0.05) is 23.2 Å². The van der Waals surface area contributed by atoms with E-state index in [-0.39, 0.29) is 16.8 Å². The molecule has 0 radical (unpaired) electrons. The molecule has 0 aliphatic rings. The highest BCUT2D eigenvalue weighted by molar-refractivity contribution is 5.93. The second-order valence-corrected chi connectivity index (χ2v) is 5.96. The van der Waals surface area contributed by atoms with Crippen molar-refractivity contribution in [3.63, 3.8) is 0 Å². The second-order valence-electron chi connectivity index (χ2n) is 5.96. The minimum absolute atomic E-state index is 0.00239. The second kappa shape index (κ2) is 6.39. The standard InChI is InChI=1S/C15H17N5O3/c1-15(2,3)13-8-12(17-18-13)14(21)19-16-9-10-4-6-11(7-5-10)20(22)23/h4-9H,1-3H3,(H,17,18)(H,19,21). The molecule has 0 aliphatic carbocycles. The maximum absolute atomic E-state index is 11.9. The third kappa shape index (κ3) is 4.22. The molecule has 1 aromatic carbocycles. The number of nitro benzene ring substituents is 1. The largest absolute Gasteiger partial charge is 0.291 e. The maximum Gasteiger partial charge on any atom is 0.291 e. The number of H-pyrrole nitrogens is 1. The SMILES string of the molecule is CC(C)(C)c1cc(C(=O)NN=Cc2ccc([N+](=O)[O-])cc2)n[nH]1. The predicted molar refractivity (Wildman–Crippen MR) is 85.4 cm³/mol. The van der Waals surface area contributed by atoms with Gasteiger partial charge in [-0.2, -0.15) is 10.2 Å². The number of hydrogen-bond donors (Lipinski definition) is 2. The lowest BCUT2D eigenvalue weighted by Gasteiger charge is -2.14. The van der Waals surface area contributed by atoms with Crippen molar-refractivity contribution in [2.45, 2.75) is 26.2 Å². The van der Waals surface area contributed by atoms with E-state index in [2.05, 4.69) is 20.7 Å². The molecule has 23 heavy (non-hydrogen) atoms. The molecule has 0 saturated carbocycles. The Hall–Kier alpha value is -3.03. The summed E-state index contributed by atoms with van der Waals surface area (Å²) in [6.45, 7) is 6.03. The summed E-state index contributed by atoms with van der Waals surface area (Å²) in [6.07, 6.45) is 1.40. The molecule has 0 atom stereocenters. The number of nitrogens with one attached hydrogen (secondary N) is 2. The van der Waals surface area contributed by atoms with Crippen LogP contribution in [-0.2, 0) is 5.41 Å². The number of rotatable bonds is 4. The van der Waals surface area contributed by atoms with Crippen LogP contribution in [0.4, 0.5) is 5.69 Å². The Balaban J connectivity index is 1.98. The molecule has 1 heterocycles. The van der Waals surface area contributed by atoms with Crippen molar-refractivity contribution >= 4 is 17.8 Å². The summed E-state index contributed by atoms with van der Waals surface area (Å²) in [7, 11) is 0. The number of hydrazone groups is 1. The third-order valence-corrected chi connectivity index (χ3v) is 3.10. The van der Waals surface area contributed by atoms with Gasteiger partial charge in [0.15, 0.2) is 5.69 Å². The van der Waals surface area contributed by atoms with Crippen molar-refractivity contribution in [2.24, 2.45) is 5.10 Å². The van der Waals surface area contributed by atoms with Gasteiger partial charge in [0.2, 0.25) is 0 Å². The van der Waals surface area contributed by atoms with Crippen molar-refractivity contribution in [1.82, 2.24) is 15.6 Å². The number of aromatic nitrogens is 2. The van der Waals surface area contributed by atoms with Crippen LogP contribution in [0, 0.1) is 10.1 Å². The average Bonchev–Trinajstić information content (AvgIpc) is 2.97. The number of aromatic amines is 1. The molecule has 1 aromatic heterocycles. The lowest BCUT2D eigenvalue weighted by molar-refractivity contribution is -0.384. The molecule has 2 aromatic rings. The molecule has 0 unspecified atom stereocenters. The van der Waals surface area contributed by atoms with E-state index >= 15 is 0 Å². The van der Waals surface area contributed by atoms with Crippen LogP contribution < -0.4 is 5.43 Å². The fourth-order valence-electron chi connectivity index (χ4n) is 1.73. The molecule has 2 rings (SSSR count). The molecule has 0 aliphatic heterocycles. The minimum Gasteiger partial charge on any atom is -0.281 e. The number of benzene rings is 1. The van der Waals surface area contributed by atoms with Gasteiger partial charge in [-0.05, 0) is 23.8 Å². The Morgan fingerprint density at radius 1 is 1.35 bits per heavy atom. The topological polar surface area (TPSA) is 113 Å². The third-order valence-electron chi connectivity index (χ3n) is 3.10. The van der Waals surface area contributed by atoms with Crippen molar-refractivity contribution in [1.29, 1.82) is 0 Å². The monoisotopic (exact) mass is 315 g/mol. The zero-order valence-corrected chi connectivity index (χ0v) is 13.0. The van der Waals surface area contributed by atoms with E-state index in [4.69, 9.17) is 0 Å². The van der Waals surface area contributed by atoms with Gasteiger partial charge in [-0.1, -0.05) is 20.8 Å². The first-order chi connectivity index (χ1) is 10.8. The molecular formula is C15H17N5O3. The molecule has 0 spiro atoms. The van der Waals surface area contributed by atoms with E-state index < -0.39 is 10.8 Å². The van der Waals surface area contributed by atoms with Gasteiger partial charge < -0.3 is 0 Å². The predicted octanol–water partition coefficient (Wildman–Crippen LogP) is 2.38. The molecule has 0 bridgehead atoms. The summed E-state index contributed by atoms with van der Waals surface area (Å²) in [6, 6.07) is 7.50. The summed E-state index contributed by atoms with van der Waals surface area (Å²) < 4.78 is 0. The molecule has 8 nitrogen and oxygen atoms in total. The normalized spacial score (nSPS) is 11.6. The highest BCUT2D eigenvalue weighted by atomic mass is 16.6. The Kier molecular flexibility index (Phi) is 4.54. The van der Waals surface area contributed by atoms with Crippen LogP contribution in [0.5, 0.6) is 0 Å². The van der Waals surface area contributed by atoms with E-state index in [1.54, 1.807) is 18.2 Å². The molecule has 120 valence electrons. The first-order valence-electron chi connectivity index (χ1n) is 6.91. The summed E-state index contributed by atoms with van der Waals surface area (Å²) in [5.74, 6) is -0.435. The number of hydrogen-bond acceptors (Lipinski definition) is 5. The van der Waals surface area contributed by atoms with E-state index in [0.717, 1.165) is 5.69 Å². The van der Waals surface area contributed by atoms with Crippen molar-refractivity contribution < 1.29 is 9.72 Å². The van der Waals surface area contributed by atoms with Crippen LogP contribution in [0.3, 0.4) is 0 Å². The number of carbonyl (C=O) groups excluding carboxylic acids is 1. The number of amides is 1. The van der Waals surface area contributed by atoms with Crippen LogP contribution in [0.25, 0.3) is 0 Å². The van der Waals surface area contributed by atoms with E-state index in [1.165, 1.54) is 18.3 Å². The van der Waals surface area contributed by atoms with Gasteiger partial charge >= 0.3 is 0 Å². The zero-order chi connectivity index (χ0) is 17.0. The molecule has 1 amide bonds. The summed E-state index contributed by atoms with van der Waals surface area (Å²) in [4.78, 5) is 22.0. The summed E-state index contributed by atoms with van der Waals surface area (Å²) in [5, 5.41) is 21.1. The summed E-state index contributed by atoms with van der Waals surface area (Å²) in [5.41, 5.74) is 3.96. The van der Waals surface area contributed by atoms with Crippen molar-refractivity contribution in [2.75, 3.05) is 0 Å². The van der Waals surface area contributed by atoms with Crippen LogP contribution >= 0.6 is 0 Å². The van der Waals surface area contributed by atoms with Gasteiger partial charge in [0.25, 0.3) is 11.6 Å². The Labute approximate surface area is 132 Å². The molecule has 0 saturated heterocycles. The Morgan fingerprint density at radius 2 is 2.00 bits per heavy atom. The first kappa shape index (κ1) is 16.3. The van der Waals surface area contributed by atoms with E-state index in [1.807, 2.05) is 20.8 Å². The molecule has 8 heteroatoms. The Morgan fingerprint density at radius 3 is 2.52 bits per heavy atom. The zero-order valence-electron chi connectivity index (χ0n) is 13.0. The molecular weight excluding hydrogens is 298 g/mol. The van der Waals surface area contributed by atoms with E-state index in [0.29, 0.717) is 5.56 Å². The smallest absolute Gasteiger partial charge is 0.281 e. The van der Waals surface area contributed by atoms with Crippen LogP contribution in [0.1, 0.15) is 42.5 Å². The lowest BCUT2D eigenvalue weighted by atomic mass is 9.92. The van der Waals surface area contributed by atoms with Crippen LogP contribution in [0.2, 0.25) is 0 Å². The average molecular weight is 315 g/mol. The Bertz CT molecular complexity index is 741. The fourth-order valence-corrected chi connectivity index (χ4v) is 1.73. The van der Waals surface area contributed by atoms with Crippen LogP contribution in [0.15, 0.2) is 35.4 Å². The minimum atomic E-state index is -0.479. The number of nitrogens with zero attached hydrogens (tertiary/aromatic N) is 3. The number of non-ortho nitro benzene ring substituents is 1. The summed E-state index contributed by atoms with van der Waals surface area (Å²) >= 11 is 0. The van der Waals surface area contributed by atoms with Gasteiger partial charge in [-0.25, -0.2) is 5.43 Å². The lowest BCUT2D eigenvalue weighted by Crippen LogP contribution is -2.18. The van der Waals surface area contributed by atoms with Crippen molar-refractivity contribution in [3.8, 4) is 0 Å². The highest BCUT2D eigenvalue weighted by Gasteiger charge is 2.19. The van der Waals surface area contributed by atoms with Gasteiger partial charge in [0.05, 0.1) is 11.1 Å². The highest BCUT2D eigenvalue weighted by Crippen LogP contribution is 2.20. The first-order valence-corrected chi connectivity index (χ1v) is 6.91. The maximum atomic E-state index is 11.9. The number of carbonyl (C=O) groups is 1. The van der Waals surface area contributed by atoms with Crippen molar-refractivity contribution in [3.05, 3.63) is 57.4 Å². The van der Waals surface area contributed by atoms with Gasteiger partial charge in [-0.15, -0.1) is 0 Å². The quantitative estimate of drug-likeness (QED) is 0.512. The molecule has 0 fully saturated rings. The van der Waals surface area contributed by atoms with Gasteiger partial charge in [0.1, 0.15) is 0 Å². The molecule has 2 N–H and O–H groups in total.